The van der Waals surface area contributed by atoms with Gasteiger partial charge >= 0.3 is 0 Å². The molecule has 0 bridgehead atoms. The van der Waals surface area contributed by atoms with Gasteiger partial charge in [0.2, 0.25) is 0 Å². The van der Waals surface area contributed by atoms with Crippen molar-refractivity contribution >= 4 is 15.9 Å². The predicted molar refractivity (Wildman–Crippen MR) is 84.5 cm³/mol. The van der Waals surface area contributed by atoms with Crippen molar-refractivity contribution in [3.8, 4) is 11.5 Å². The van der Waals surface area contributed by atoms with E-state index < -0.39 is 0 Å². The number of nitrogens with one attached hydrogen (secondary N) is 1. The van der Waals surface area contributed by atoms with Crippen LogP contribution in [0.15, 0.2) is 40.9 Å². The fourth-order valence-electron chi connectivity index (χ4n) is 2.30. The average molecular weight is 354 g/mol. The summed E-state index contributed by atoms with van der Waals surface area (Å²) < 4.78 is 25.5. The van der Waals surface area contributed by atoms with E-state index in [0.29, 0.717) is 21.5 Å². The molecule has 112 valence electrons. The highest BCUT2D eigenvalue weighted by Crippen LogP contribution is 2.36. The fourth-order valence-corrected chi connectivity index (χ4v) is 2.87. The first-order valence-electron chi connectivity index (χ1n) is 6.45. The van der Waals surface area contributed by atoms with Crippen molar-refractivity contribution in [1.29, 1.82) is 0 Å². The number of halogens is 2. The molecule has 0 saturated carbocycles. The summed E-state index contributed by atoms with van der Waals surface area (Å²) in [5, 5.41) is 3.14. The van der Waals surface area contributed by atoms with Gasteiger partial charge in [-0.1, -0.05) is 22.0 Å². The maximum atomic E-state index is 14.2. The van der Waals surface area contributed by atoms with Crippen molar-refractivity contribution in [1.82, 2.24) is 5.32 Å². The van der Waals surface area contributed by atoms with Crippen LogP contribution in [0.25, 0.3) is 0 Å². The number of benzene rings is 2. The summed E-state index contributed by atoms with van der Waals surface area (Å²) in [5.41, 5.74) is 1.38. The zero-order valence-electron chi connectivity index (χ0n) is 12.1. The molecular formula is C16H17BrFNO2. The van der Waals surface area contributed by atoms with E-state index in [4.69, 9.17) is 9.47 Å². The van der Waals surface area contributed by atoms with E-state index in [-0.39, 0.29) is 11.9 Å². The number of hydrogen-bond acceptors (Lipinski definition) is 3. The van der Waals surface area contributed by atoms with Gasteiger partial charge in [-0.15, -0.1) is 0 Å². The highest BCUT2D eigenvalue weighted by Gasteiger charge is 2.22. The zero-order chi connectivity index (χ0) is 15.4. The maximum absolute atomic E-state index is 14.2. The second kappa shape index (κ2) is 6.91. The number of rotatable bonds is 5. The van der Waals surface area contributed by atoms with Crippen molar-refractivity contribution in [2.75, 3.05) is 21.3 Å². The summed E-state index contributed by atoms with van der Waals surface area (Å²) >= 11 is 3.41. The first-order chi connectivity index (χ1) is 10.1. The van der Waals surface area contributed by atoms with E-state index in [2.05, 4.69) is 21.2 Å². The first-order valence-corrected chi connectivity index (χ1v) is 7.24. The van der Waals surface area contributed by atoms with Crippen LogP contribution in [-0.4, -0.2) is 21.3 Å². The van der Waals surface area contributed by atoms with E-state index in [1.54, 1.807) is 33.4 Å². The van der Waals surface area contributed by atoms with Crippen LogP contribution < -0.4 is 14.8 Å². The molecule has 1 atom stereocenters. The van der Waals surface area contributed by atoms with Gasteiger partial charge in [-0.25, -0.2) is 4.39 Å². The van der Waals surface area contributed by atoms with E-state index in [1.807, 2.05) is 18.2 Å². The summed E-state index contributed by atoms with van der Waals surface area (Å²) in [6, 6.07) is 10.1. The Hall–Kier alpha value is -1.59. The Kier molecular flexibility index (Phi) is 5.20. The van der Waals surface area contributed by atoms with Crippen molar-refractivity contribution in [2.24, 2.45) is 0 Å². The smallest absolute Gasteiger partial charge is 0.129 e. The molecule has 0 fully saturated rings. The second-order valence-corrected chi connectivity index (χ2v) is 5.32. The quantitative estimate of drug-likeness (QED) is 0.883. The van der Waals surface area contributed by atoms with Gasteiger partial charge in [0, 0.05) is 21.7 Å². The van der Waals surface area contributed by atoms with Crippen LogP contribution in [0.3, 0.4) is 0 Å². The maximum Gasteiger partial charge on any atom is 0.129 e. The Morgan fingerprint density at radius 3 is 2.48 bits per heavy atom. The van der Waals surface area contributed by atoms with Gasteiger partial charge in [0.25, 0.3) is 0 Å². The van der Waals surface area contributed by atoms with Crippen molar-refractivity contribution in [2.45, 2.75) is 6.04 Å². The SMILES string of the molecule is CNC(c1ccc(OC)cc1OC)c1c(F)cccc1Br. The molecule has 0 heterocycles. The summed E-state index contributed by atoms with van der Waals surface area (Å²) in [4.78, 5) is 0. The molecule has 0 aliphatic carbocycles. The average Bonchev–Trinajstić information content (AvgIpc) is 2.50. The Morgan fingerprint density at radius 1 is 1.14 bits per heavy atom. The molecule has 3 nitrogen and oxygen atoms in total. The molecule has 21 heavy (non-hydrogen) atoms. The third-order valence-corrected chi connectivity index (χ3v) is 4.02. The van der Waals surface area contributed by atoms with Gasteiger partial charge in [-0.2, -0.15) is 0 Å². The molecule has 0 amide bonds. The van der Waals surface area contributed by atoms with Crippen LogP contribution in [0.4, 0.5) is 4.39 Å². The van der Waals surface area contributed by atoms with Crippen LogP contribution in [0.5, 0.6) is 11.5 Å². The number of hydrogen-bond donors (Lipinski definition) is 1. The largest absolute Gasteiger partial charge is 0.497 e. The van der Waals surface area contributed by atoms with Crippen LogP contribution in [0.2, 0.25) is 0 Å². The molecule has 0 saturated heterocycles. The molecule has 0 aliphatic heterocycles. The van der Waals surface area contributed by atoms with Crippen LogP contribution >= 0.6 is 15.9 Å². The van der Waals surface area contributed by atoms with E-state index in [1.165, 1.54) is 6.07 Å². The number of methoxy groups -OCH3 is 2. The van der Waals surface area contributed by atoms with Gasteiger partial charge in [-0.05, 0) is 31.3 Å². The third kappa shape index (κ3) is 3.19. The topological polar surface area (TPSA) is 30.5 Å². The Labute approximate surface area is 132 Å². The predicted octanol–water partition coefficient (Wildman–Crippen LogP) is 3.91. The molecule has 2 aromatic rings. The molecule has 0 radical (unpaired) electrons. The molecule has 1 N–H and O–H groups in total. The fraction of sp³-hybridized carbons (Fsp3) is 0.250. The standard InChI is InChI=1S/C16H17BrFNO2/c1-19-16(15-12(17)5-4-6-13(15)18)11-8-7-10(20-2)9-14(11)21-3/h4-9,16,19H,1-3H3. The molecular weight excluding hydrogens is 337 g/mol. The molecule has 2 rings (SSSR count). The molecule has 0 aromatic heterocycles. The van der Waals surface area contributed by atoms with Gasteiger partial charge in [0.1, 0.15) is 17.3 Å². The highest BCUT2D eigenvalue weighted by atomic mass is 79.9. The Morgan fingerprint density at radius 2 is 1.90 bits per heavy atom. The van der Waals surface area contributed by atoms with Crippen molar-refractivity contribution in [3.05, 3.63) is 57.8 Å². The third-order valence-electron chi connectivity index (χ3n) is 3.33. The monoisotopic (exact) mass is 353 g/mol. The lowest BCUT2D eigenvalue weighted by Crippen LogP contribution is -2.20. The summed E-state index contributed by atoms with van der Waals surface area (Å²) in [5.74, 6) is 1.06. The molecule has 0 aliphatic rings. The van der Waals surface area contributed by atoms with E-state index in [0.717, 1.165) is 5.56 Å². The molecule has 2 aromatic carbocycles. The number of ether oxygens (including phenoxy) is 2. The minimum absolute atomic E-state index is 0.276. The molecule has 1 unspecified atom stereocenters. The Bertz CT molecular complexity index is 613. The van der Waals surface area contributed by atoms with Crippen LogP contribution in [0, 0.1) is 5.82 Å². The minimum Gasteiger partial charge on any atom is -0.497 e. The normalized spacial score (nSPS) is 12.0. The van der Waals surface area contributed by atoms with Gasteiger partial charge in [-0.3, -0.25) is 0 Å². The first kappa shape index (κ1) is 15.8. The second-order valence-electron chi connectivity index (χ2n) is 4.46. The van der Waals surface area contributed by atoms with Gasteiger partial charge in [0.05, 0.1) is 20.3 Å². The lowest BCUT2D eigenvalue weighted by atomic mass is 9.97. The van der Waals surface area contributed by atoms with Crippen LogP contribution in [0.1, 0.15) is 17.2 Å². The van der Waals surface area contributed by atoms with E-state index in [9.17, 15) is 4.39 Å². The van der Waals surface area contributed by atoms with Crippen LogP contribution in [-0.2, 0) is 0 Å². The lowest BCUT2D eigenvalue weighted by Gasteiger charge is -2.22. The molecule has 0 spiro atoms. The Balaban J connectivity index is 2.56. The molecule has 5 heteroatoms. The van der Waals surface area contributed by atoms with E-state index >= 15 is 0 Å². The zero-order valence-corrected chi connectivity index (χ0v) is 13.7. The van der Waals surface area contributed by atoms with Gasteiger partial charge in [0.15, 0.2) is 0 Å². The van der Waals surface area contributed by atoms with Crippen molar-refractivity contribution < 1.29 is 13.9 Å². The summed E-state index contributed by atoms with van der Waals surface area (Å²) in [6.45, 7) is 0. The summed E-state index contributed by atoms with van der Waals surface area (Å²) in [7, 11) is 4.96. The highest BCUT2D eigenvalue weighted by molar-refractivity contribution is 9.10. The van der Waals surface area contributed by atoms with Gasteiger partial charge < -0.3 is 14.8 Å². The minimum atomic E-state index is -0.332. The van der Waals surface area contributed by atoms with Crippen molar-refractivity contribution in [3.63, 3.8) is 0 Å². The lowest BCUT2D eigenvalue weighted by molar-refractivity contribution is 0.387. The summed E-state index contributed by atoms with van der Waals surface area (Å²) in [6.07, 6.45) is 0.